The third kappa shape index (κ3) is 1.43. The first-order chi connectivity index (χ1) is 7.09. The van der Waals surface area contributed by atoms with E-state index in [1.54, 1.807) is 0 Å². The molecule has 1 aliphatic heterocycles. The van der Waals surface area contributed by atoms with Gasteiger partial charge in [0, 0.05) is 17.9 Å². The summed E-state index contributed by atoms with van der Waals surface area (Å²) in [4.78, 5) is 22.8. The molecule has 5 nitrogen and oxygen atoms in total. The lowest BCUT2D eigenvalue weighted by molar-refractivity contribution is -0.181. The fourth-order valence-corrected chi connectivity index (χ4v) is 2.18. The van der Waals surface area contributed by atoms with Gasteiger partial charge in [-0.05, 0) is 0 Å². The Bertz CT molecular complexity index is 340. The molecule has 1 saturated heterocycles. The van der Waals surface area contributed by atoms with Crippen LogP contribution in [0.15, 0.2) is 11.8 Å². The summed E-state index contributed by atoms with van der Waals surface area (Å²) >= 11 is 0. The standard InChI is InChI=1S/C10H12O5/c1-14-9(13)8-7(12)2-6(11)3-10(8)4-15-5-10/h2,8,12H,3-5H2,1H3. The molecule has 0 aromatic rings. The molecule has 15 heavy (non-hydrogen) atoms. The molecule has 82 valence electrons. The number of carbonyl (C=O) groups is 2. The number of ketones is 1. The van der Waals surface area contributed by atoms with Crippen molar-refractivity contribution < 1.29 is 24.2 Å². The van der Waals surface area contributed by atoms with Crippen molar-refractivity contribution in [2.24, 2.45) is 11.3 Å². The van der Waals surface area contributed by atoms with Crippen molar-refractivity contribution in [3.05, 3.63) is 11.8 Å². The van der Waals surface area contributed by atoms with Gasteiger partial charge in [-0.3, -0.25) is 9.59 Å². The van der Waals surface area contributed by atoms with Gasteiger partial charge in [0.2, 0.25) is 0 Å². The first-order valence-corrected chi connectivity index (χ1v) is 4.68. The van der Waals surface area contributed by atoms with Gasteiger partial charge < -0.3 is 14.6 Å². The Labute approximate surface area is 86.7 Å². The minimum absolute atomic E-state index is 0.170. The number of methoxy groups -OCH3 is 1. The molecule has 0 radical (unpaired) electrons. The fraction of sp³-hybridized carbons (Fsp3) is 0.600. The molecule has 0 bridgehead atoms. The van der Waals surface area contributed by atoms with Crippen LogP contribution in [-0.2, 0) is 19.1 Å². The van der Waals surface area contributed by atoms with Gasteiger partial charge in [0.05, 0.1) is 20.3 Å². The van der Waals surface area contributed by atoms with Gasteiger partial charge in [0.15, 0.2) is 5.78 Å². The number of aliphatic hydroxyl groups is 1. The highest BCUT2D eigenvalue weighted by Crippen LogP contribution is 2.45. The summed E-state index contributed by atoms with van der Waals surface area (Å²) < 4.78 is 9.66. The molecule has 2 rings (SSSR count). The Kier molecular flexibility index (Phi) is 2.26. The molecule has 0 amide bonds. The van der Waals surface area contributed by atoms with E-state index >= 15 is 0 Å². The number of ether oxygens (including phenoxy) is 2. The Hall–Kier alpha value is -1.36. The summed E-state index contributed by atoms with van der Waals surface area (Å²) in [6.45, 7) is 0.632. The van der Waals surface area contributed by atoms with Crippen LogP contribution >= 0.6 is 0 Å². The molecular weight excluding hydrogens is 200 g/mol. The van der Waals surface area contributed by atoms with Crippen molar-refractivity contribution in [1.29, 1.82) is 0 Å². The highest BCUT2D eigenvalue weighted by molar-refractivity contribution is 5.94. The second kappa shape index (κ2) is 3.34. The molecule has 0 saturated carbocycles. The summed E-state index contributed by atoms with van der Waals surface area (Å²) in [5.74, 6) is -1.65. The number of allylic oxidation sites excluding steroid dienone is 1. The van der Waals surface area contributed by atoms with Gasteiger partial charge >= 0.3 is 5.97 Å². The summed E-state index contributed by atoms with van der Waals surface area (Å²) in [6, 6.07) is 0. The van der Waals surface area contributed by atoms with Crippen LogP contribution in [-0.4, -0.2) is 37.2 Å². The third-order valence-electron chi connectivity index (χ3n) is 2.96. The third-order valence-corrected chi connectivity index (χ3v) is 2.96. The van der Waals surface area contributed by atoms with Crippen LogP contribution in [0, 0.1) is 11.3 Å². The zero-order valence-electron chi connectivity index (χ0n) is 8.36. The van der Waals surface area contributed by atoms with Crippen LogP contribution in [0.2, 0.25) is 0 Å². The Balaban J connectivity index is 2.34. The SMILES string of the molecule is COC(=O)C1C(O)=CC(=O)CC12COC2. The lowest BCUT2D eigenvalue weighted by Gasteiger charge is -2.46. The van der Waals surface area contributed by atoms with E-state index in [0.717, 1.165) is 6.08 Å². The molecule has 0 aromatic heterocycles. The average Bonchev–Trinajstić information content (AvgIpc) is 2.13. The minimum Gasteiger partial charge on any atom is -0.511 e. The Morgan fingerprint density at radius 2 is 2.33 bits per heavy atom. The van der Waals surface area contributed by atoms with Crippen LogP contribution in [0.3, 0.4) is 0 Å². The Morgan fingerprint density at radius 1 is 1.67 bits per heavy atom. The number of hydrogen-bond donors (Lipinski definition) is 1. The largest absolute Gasteiger partial charge is 0.511 e. The first kappa shape index (κ1) is 10.2. The maximum absolute atomic E-state index is 11.5. The predicted octanol–water partition coefficient (Wildman–Crippen LogP) is 0.207. The van der Waals surface area contributed by atoms with Crippen LogP contribution < -0.4 is 0 Å². The first-order valence-electron chi connectivity index (χ1n) is 4.68. The smallest absolute Gasteiger partial charge is 0.317 e. The van der Waals surface area contributed by atoms with Crippen LogP contribution in [0.25, 0.3) is 0 Å². The molecule has 1 atom stereocenters. The zero-order chi connectivity index (χ0) is 11.1. The topological polar surface area (TPSA) is 72.8 Å². The second-order valence-electron chi connectivity index (χ2n) is 4.02. The van der Waals surface area contributed by atoms with Crippen molar-refractivity contribution >= 4 is 11.8 Å². The van der Waals surface area contributed by atoms with E-state index in [1.165, 1.54) is 7.11 Å². The zero-order valence-corrected chi connectivity index (χ0v) is 8.36. The maximum Gasteiger partial charge on any atom is 0.317 e. The molecule has 1 heterocycles. The van der Waals surface area contributed by atoms with Crippen LogP contribution in [0.5, 0.6) is 0 Å². The monoisotopic (exact) mass is 212 g/mol. The van der Waals surface area contributed by atoms with E-state index in [0.29, 0.717) is 13.2 Å². The number of hydrogen-bond acceptors (Lipinski definition) is 5. The van der Waals surface area contributed by atoms with E-state index < -0.39 is 17.3 Å². The van der Waals surface area contributed by atoms with Crippen molar-refractivity contribution in [2.45, 2.75) is 6.42 Å². The highest BCUT2D eigenvalue weighted by atomic mass is 16.5. The van der Waals surface area contributed by atoms with Gasteiger partial charge in [-0.1, -0.05) is 0 Å². The van der Waals surface area contributed by atoms with E-state index in [-0.39, 0.29) is 18.0 Å². The van der Waals surface area contributed by atoms with Crippen molar-refractivity contribution in [2.75, 3.05) is 20.3 Å². The van der Waals surface area contributed by atoms with Crippen molar-refractivity contribution in [3.8, 4) is 0 Å². The van der Waals surface area contributed by atoms with Gasteiger partial charge in [-0.2, -0.15) is 0 Å². The minimum atomic E-state index is -0.756. The molecule has 2 aliphatic rings. The maximum atomic E-state index is 11.5. The van der Waals surface area contributed by atoms with Crippen molar-refractivity contribution in [1.82, 2.24) is 0 Å². The predicted molar refractivity (Wildman–Crippen MR) is 49.1 cm³/mol. The molecule has 1 spiro atoms. The van der Waals surface area contributed by atoms with Crippen molar-refractivity contribution in [3.63, 3.8) is 0 Å². The molecule has 1 fully saturated rings. The molecule has 1 unspecified atom stereocenters. The van der Waals surface area contributed by atoms with E-state index in [2.05, 4.69) is 4.74 Å². The van der Waals surface area contributed by atoms with Gasteiger partial charge in [-0.25, -0.2) is 0 Å². The molecular formula is C10H12O5. The van der Waals surface area contributed by atoms with E-state index in [9.17, 15) is 14.7 Å². The number of carbonyl (C=O) groups excluding carboxylic acids is 2. The summed E-state index contributed by atoms with van der Waals surface area (Å²) in [5.41, 5.74) is -0.580. The van der Waals surface area contributed by atoms with Gasteiger partial charge in [0.1, 0.15) is 11.7 Å². The summed E-state index contributed by atoms with van der Waals surface area (Å²) in [5, 5.41) is 9.63. The van der Waals surface area contributed by atoms with E-state index in [1.807, 2.05) is 0 Å². The lowest BCUT2D eigenvalue weighted by Crippen LogP contribution is -2.54. The van der Waals surface area contributed by atoms with Gasteiger partial charge in [-0.15, -0.1) is 0 Å². The molecule has 5 heteroatoms. The quantitative estimate of drug-likeness (QED) is 0.629. The number of esters is 1. The average molecular weight is 212 g/mol. The van der Waals surface area contributed by atoms with Gasteiger partial charge in [0.25, 0.3) is 0 Å². The highest BCUT2D eigenvalue weighted by Gasteiger charge is 2.54. The Morgan fingerprint density at radius 3 is 2.80 bits per heavy atom. The summed E-state index contributed by atoms with van der Waals surface area (Å²) in [6.07, 6.45) is 1.34. The molecule has 1 N–H and O–H groups in total. The van der Waals surface area contributed by atoms with E-state index in [4.69, 9.17) is 4.74 Å². The summed E-state index contributed by atoms with van der Waals surface area (Å²) in [7, 11) is 1.26. The molecule has 0 aromatic carbocycles. The van der Waals surface area contributed by atoms with Crippen LogP contribution in [0.4, 0.5) is 0 Å². The number of rotatable bonds is 1. The van der Waals surface area contributed by atoms with Crippen LogP contribution in [0.1, 0.15) is 6.42 Å². The normalized spacial score (nSPS) is 28.2. The lowest BCUT2D eigenvalue weighted by atomic mass is 9.66. The molecule has 1 aliphatic carbocycles. The fourth-order valence-electron chi connectivity index (χ4n) is 2.18. The second-order valence-corrected chi connectivity index (χ2v) is 4.02. The number of aliphatic hydroxyl groups excluding tert-OH is 1.